The van der Waals surface area contributed by atoms with E-state index in [1.807, 2.05) is 0 Å². The number of halogens is 1. The molecule has 6 heteroatoms. The fraction of sp³-hybridized carbons (Fsp3) is 0.538. The number of methoxy groups -OCH3 is 1. The van der Waals surface area contributed by atoms with Crippen LogP contribution >= 0.6 is 11.6 Å². The van der Waals surface area contributed by atoms with Crippen molar-refractivity contribution >= 4 is 24.2 Å². The van der Waals surface area contributed by atoms with Crippen LogP contribution in [-0.4, -0.2) is 35.6 Å². The van der Waals surface area contributed by atoms with Gasteiger partial charge in [-0.05, 0) is 33.8 Å². The fourth-order valence-corrected chi connectivity index (χ4v) is 1.66. The number of hydrogen-bond acceptors (Lipinski definition) is 4. The third kappa shape index (κ3) is 3.63. The first-order valence-corrected chi connectivity index (χ1v) is 6.38. The maximum absolute atomic E-state index is 10.1. The summed E-state index contributed by atoms with van der Waals surface area (Å²) >= 11 is 6.12. The summed E-state index contributed by atoms with van der Waals surface area (Å²) in [6, 6.07) is 5.05. The molecule has 1 aromatic carbocycles. The van der Waals surface area contributed by atoms with Crippen molar-refractivity contribution in [2.75, 3.05) is 7.11 Å². The zero-order valence-electron chi connectivity index (χ0n) is 11.9. The fourth-order valence-electron chi connectivity index (χ4n) is 1.36. The summed E-state index contributed by atoms with van der Waals surface area (Å²) in [6.45, 7) is 6.63. The molecule has 0 amide bonds. The Labute approximate surface area is 119 Å². The molecule has 106 valence electrons. The molecular formula is C13H20BClO4. The molecule has 0 heterocycles. The quantitative estimate of drug-likeness (QED) is 0.807. The highest BCUT2D eigenvalue weighted by Gasteiger charge is 2.40. The van der Waals surface area contributed by atoms with Gasteiger partial charge in [0.25, 0.3) is 0 Å². The maximum atomic E-state index is 10.1. The van der Waals surface area contributed by atoms with Gasteiger partial charge in [0.2, 0.25) is 0 Å². The Hall–Kier alpha value is -0.745. The van der Waals surface area contributed by atoms with Gasteiger partial charge in [0.15, 0.2) is 0 Å². The summed E-state index contributed by atoms with van der Waals surface area (Å²) in [4.78, 5) is 0. The minimum Gasteiger partial charge on any atom is -0.495 e. The predicted octanol–water partition coefficient (Wildman–Crippen LogP) is 1.60. The summed E-state index contributed by atoms with van der Waals surface area (Å²) in [5.41, 5.74) is -1.66. The third-order valence-electron chi connectivity index (χ3n) is 3.36. The lowest BCUT2D eigenvalue weighted by molar-refractivity contribution is -0.0982. The van der Waals surface area contributed by atoms with Gasteiger partial charge < -0.3 is 19.5 Å². The monoisotopic (exact) mass is 286 g/mol. The SMILES string of the molecule is COc1cccc(B(O)OC(C)(C)C(C)(C)O)c1Cl. The molecule has 4 nitrogen and oxygen atoms in total. The summed E-state index contributed by atoms with van der Waals surface area (Å²) in [7, 11) is 0.253. The molecule has 0 radical (unpaired) electrons. The number of ether oxygens (including phenoxy) is 1. The number of aliphatic hydroxyl groups is 1. The Morgan fingerprint density at radius 1 is 1.21 bits per heavy atom. The summed E-state index contributed by atoms with van der Waals surface area (Å²) in [6.07, 6.45) is 0. The minimum absolute atomic E-state index is 0.295. The van der Waals surface area contributed by atoms with Gasteiger partial charge >= 0.3 is 7.12 Å². The predicted molar refractivity (Wildman–Crippen MR) is 77.1 cm³/mol. The zero-order valence-corrected chi connectivity index (χ0v) is 12.7. The summed E-state index contributed by atoms with van der Waals surface area (Å²) in [5, 5.41) is 20.5. The maximum Gasteiger partial charge on any atom is 0.493 e. The molecule has 0 aromatic heterocycles. The second-order valence-corrected chi connectivity index (χ2v) is 5.78. The van der Waals surface area contributed by atoms with Crippen LogP contribution in [0.2, 0.25) is 5.02 Å². The molecule has 0 fully saturated rings. The minimum atomic E-state index is -1.25. The number of rotatable bonds is 5. The molecule has 0 saturated heterocycles. The number of benzene rings is 1. The van der Waals surface area contributed by atoms with Crippen molar-refractivity contribution in [3.63, 3.8) is 0 Å². The van der Waals surface area contributed by atoms with Gasteiger partial charge in [-0.3, -0.25) is 0 Å². The Kier molecular flexibility index (Phi) is 4.90. The van der Waals surface area contributed by atoms with Crippen molar-refractivity contribution in [3.8, 4) is 5.75 Å². The van der Waals surface area contributed by atoms with E-state index >= 15 is 0 Å². The Morgan fingerprint density at radius 3 is 2.26 bits per heavy atom. The molecule has 0 aliphatic heterocycles. The van der Waals surface area contributed by atoms with E-state index in [-0.39, 0.29) is 0 Å². The summed E-state index contributed by atoms with van der Waals surface area (Å²) < 4.78 is 10.6. The first kappa shape index (κ1) is 16.3. The highest BCUT2D eigenvalue weighted by atomic mass is 35.5. The lowest BCUT2D eigenvalue weighted by Gasteiger charge is -2.38. The molecule has 19 heavy (non-hydrogen) atoms. The van der Waals surface area contributed by atoms with Gasteiger partial charge in [-0.15, -0.1) is 0 Å². The smallest absolute Gasteiger partial charge is 0.493 e. The standard InChI is InChI=1S/C13H20BClO4/c1-12(2,16)13(3,4)19-14(17)9-7-6-8-10(18-5)11(9)15/h6-8,16-17H,1-5H3. The largest absolute Gasteiger partial charge is 0.495 e. The molecular weight excluding hydrogens is 266 g/mol. The van der Waals surface area contributed by atoms with E-state index in [4.69, 9.17) is 21.0 Å². The van der Waals surface area contributed by atoms with Crippen molar-refractivity contribution < 1.29 is 19.5 Å². The van der Waals surface area contributed by atoms with E-state index in [0.29, 0.717) is 16.2 Å². The van der Waals surface area contributed by atoms with E-state index in [0.717, 1.165) is 0 Å². The first-order valence-electron chi connectivity index (χ1n) is 6.01. The average Bonchev–Trinajstić information content (AvgIpc) is 2.27. The lowest BCUT2D eigenvalue weighted by atomic mass is 9.76. The molecule has 0 unspecified atom stereocenters. The van der Waals surface area contributed by atoms with Crippen molar-refractivity contribution in [2.24, 2.45) is 0 Å². The Morgan fingerprint density at radius 2 is 1.79 bits per heavy atom. The van der Waals surface area contributed by atoms with Crippen molar-refractivity contribution in [1.82, 2.24) is 0 Å². The number of hydrogen-bond donors (Lipinski definition) is 2. The van der Waals surface area contributed by atoms with Gasteiger partial charge in [-0.25, -0.2) is 0 Å². The van der Waals surface area contributed by atoms with Crippen LogP contribution in [0.3, 0.4) is 0 Å². The van der Waals surface area contributed by atoms with Gasteiger partial charge in [0.05, 0.1) is 23.3 Å². The molecule has 2 N–H and O–H groups in total. The normalized spacial score (nSPS) is 12.4. The average molecular weight is 287 g/mol. The van der Waals surface area contributed by atoms with E-state index < -0.39 is 18.3 Å². The molecule has 0 saturated carbocycles. The highest BCUT2D eigenvalue weighted by molar-refractivity contribution is 6.64. The first-order chi connectivity index (χ1) is 8.60. The van der Waals surface area contributed by atoms with Crippen LogP contribution in [-0.2, 0) is 4.65 Å². The second-order valence-electron chi connectivity index (χ2n) is 5.40. The van der Waals surface area contributed by atoms with Gasteiger partial charge in [-0.1, -0.05) is 23.7 Å². The summed E-state index contributed by atoms with van der Waals surface area (Å²) in [5.74, 6) is 0.461. The molecule has 1 rings (SSSR count). The van der Waals surface area contributed by atoms with Crippen LogP contribution in [0.25, 0.3) is 0 Å². The van der Waals surface area contributed by atoms with E-state index in [1.165, 1.54) is 7.11 Å². The van der Waals surface area contributed by atoms with Crippen molar-refractivity contribution in [2.45, 2.75) is 38.9 Å². The van der Waals surface area contributed by atoms with E-state index in [9.17, 15) is 10.1 Å². The van der Waals surface area contributed by atoms with Crippen LogP contribution in [0.5, 0.6) is 5.75 Å². The van der Waals surface area contributed by atoms with Gasteiger partial charge in [0.1, 0.15) is 5.75 Å². The van der Waals surface area contributed by atoms with Crippen LogP contribution in [0.15, 0.2) is 18.2 Å². The van der Waals surface area contributed by atoms with E-state index in [2.05, 4.69) is 0 Å². The van der Waals surface area contributed by atoms with Crippen LogP contribution in [0.4, 0.5) is 0 Å². The Bertz CT molecular complexity index is 443. The molecule has 0 aliphatic rings. The van der Waals surface area contributed by atoms with Crippen molar-refractivity contribution in [1.29, 1.82) is 0 Å². The third-order valence-corrected chi connectivity index (χ3v) is 3.76. The van der Waals surface area contributed by atoms with Crippen LogP contribution in [0.1, 0.15) is 27.7 Å². The molecule has 0 bridgehead atoms. The van der Waals surface area contributed by atoms with Crippen LogP contribution < -0.4 is 10.2 Å². The topological polar surface area (TPSA) is 58.9 Å². The van der Waals surface area contributed by atoms with Crippen molar-refractivity contribution in [3.05, 3.63) is 23.2 Å². The molecule has 0 spiro atoms. The van der Waals surface area contributed by atoms with E-state index in [1.54, 1.807) is 45.9 Å². The second kappa shape index (κ2) is 5.71. The van der Waals surface area contributed by atoms with Gasteiger partial charge in [-0.2, -0.15) is 0 Å². The molecule has 0 atom stereocenters. The Balaban J connectivity index is 2.99. The molecule has 1 aromatic rings. The lowest BCUT2D eigenvalue weighted by Crippen LogP contribution is -2.53. The van der Waals surface area contributed by atoms with Gasteiger partial charge in [0, 0.05) is 5.46 Å². The molecule has 0 aliphatic carbocycles. The van der Waals surface area contributed by atoms with Crippen LogP contribution in [0, 0.1) is 0 Å². The zero-order chi connectivity index (χ0) is 14.8. The highest BCUT2D eigenvalue weighted by Crippen LogP contribution is 2.27.